The highest BCUT2D eigenvalue weighted by Gasteiger charge is 2.67. The van der Waals surface area contributed by atoms with Gasteiger partial charge >= 0.3 is 0 Å². The second kappa shape index (κ2) is 10.3. The third-order valence-corrected chi connectivity index (χ3v) is 11.8. The van der Waals surface area contributed by atoms with Crippen molar-refractivity contribution < 1.29 is 28.5 Å². The van der Waals surface area contributed by atoms with E-state index < -0.39 is 0 Å². The summed E-state index contributed by atoms with van der Waals surface area (Å²) < 4.78 is 26.1. The number of ketones is 2. The number of carbonyl (C=O) groups is 2. The largest absolute Gasteiger partial charge is 0.353 e. The van der Waals surface area contributed by atoms with E-state index in [2.05, 4.69) is 13.8 Å². The number of ether oxygens (including phenoxy) is 4. The van der Waals surface area contributed by atoms with Crippen molar-refractivity contribution in [3.05, 3.63) is 0 Å². The van der Waals surface area contributed by atoms with Crippen LogP contribution in [0.3, 0.4) is 0 Å². The molecule has 4 saturated carbocycles. The predicted molar refractivity (Wildman–Crippen MR) is 139 cm³/mol. The molecule has 2 aliphatic heterocycles. The zero-order valence-electron chi connectivity index (χ0n) is 23.3. The Morgan fingerprint density at radius 2 is 1.57 bits per heavy atom. The predicted octanol–water partition coefficient (Wildman–Crippen LogP) is 5.85. The second-order valence-corrected chi connectivity index (χ2v) is 13.8. The summed E-state index contributed by atoms with van der Waals surface area (Å²) in [4.78, 5) is 25.6. The first-order valence-corrected chi connectivity index (χ1v) is 15.4. The summed E-state index contributed by atoms with van der Waals surface area (Å²) in [5, 5.41) is 0. The van der Waals surface area contributed by atoms with Gasteiger partial charge in [-0.3, -0.25) is 9.59 Å². The number of rotatable bonds is 5. The third kappa shape index (κ3) is 4.66. The lowest BCUT2D eigenvalue weighted by Gasteiger charge is -2.64. The highest BCUT2D eigenvalue weighted by atomic mass is 16.7. The normalized spacial score (nSPS) is 50.1. The van der Waals surface area contributed by atoms with E-state index in [1.807, 2.05) is 0 Å². The Balaban J connectivity index is 1.39. The highest BCUT2D eigenvalue weighted by Crippen LogP contribution is 2.68. The zero-order valence-corrected chi connectivity index (χ0v) is 23.3. The van der Waals surface area contributed by atoms with Crippen LogP contribution in [-0.4, -0.2) is 49.6 Å². The van der Waals surface area contributed by atoms with Gasteiger partial charge in [-0.1, -0.05) is 13.8 Å². The van der Waals surface area contributed by atoms with Gasteiger partial charge in [0.05, 0.1) is 12.2 Å². The van der Waals surface area contributed by atoms with Crippen LogP contribution >= 0.6 is 0 Å². The van der Waals surface area contributed by atoms with Gasteiger partial charge in [-0.2, -0.15) is 0 Å². The van der Waals surface area contributed by atoms with E-state index in [9.17, 15) is 9.59 Å². The van der Waals surface area contributed by atoms with Crippen LogP contribution in [0.25, 0.3) is 0 Å². The standard InChI is InChI=1S/C31H48O6/c1-19(32)22-10-11-23-28-24(36-26-8-4-6-14-34-26)17-20-16-21(33)12-13-30(20,2)29(28)25(18-31(22,23)3)37-27-9-5-7-15-35-27/h20,22-29H,4-18H2,1-3H3/t20-,22+,23-,24+,25+,26?,27+,28+,29-,30-,31+/m0/s1. The fourth-order valence-corrected chi connectivity index (χ4v) is 10.0. The van der Waals surface area contributed by atoms with Gasteiger partial charge in [-0.15, -0.1) is 0 Å². The van der Waals surface area contributed by atoms with E-state index >= 15 is 0 Å². The first-order chi connectivity index (χ1) is 17.8. The lowest BCUT2D eigenvalue weighted by atomic mass is 9.43. The van der Waals surface area contributed by atoms with Crippen LogP contribution in [0, 0.1) is 40.4 Å². The Hall–Kier alpha value is -0.820. The van der Waals surface area contributed by atoms with E-state index in [-0.39, 0.29) is 41.5 Å². The number of Topliss-reactive ketones (excluding diaryl/α,β-unsaturated/α-hetero) is 2. The molecule has 0 radical (unpaired) electrons. The lowest BCUT2D eigenvalue weighted by molar-refractivity contribution is -0.288. The van der Waals surface area contributed by atoms with Gasteiger partial charge in [0.25, 0.3) is 0 Å². The molecule has 6 aliphatic rings. The van der Waals surface area contributed by atoms with Gasteiger partial charge < -0.3 is 18.9 Å². The molecule has 2 saturated heterocycles. The molecule has 6 rings (SSSR count). The van der Waals surface area contributed by atoms with Crippen LogP contribution < -0.4 is 0 Å². The van der Waals surface area contributed by atoms with Gasteiger partial charge in [0.15, 0.2) is 12.6 Å². The molecule has 11 atom stereocenters. The van der Waals surface area contributed by atoms with E-state index in [1.165, 1.54) is 0 Å². The Bertz CT molecular complexity index is 862. The minimum absolute atomic E-state index is 0.0219. The maximum atomic E-state index is 12.9. The number of hydrogen-bond acceptors (Lipinski definition) is 6. The summed E-state index contributed by atoms with van der Waals surface area (Å²) in [7, 11) is 0. The number of fused-ring (bicyclic) bond motifs is 5. The van der Waals surface area contributed by atoms with E-state index in [1.54, 1.807) is 6.92 Å². The van der Waals surface area contributed by atoms with Gasteiger partial charge in [-0.05, 0) is 112 Å². The fourth-order valence-electron chi connectivity index (χ4n) is 10.0. The van der Waals surface area contributed by atoms with Gasteiger partial charge in [0.2, 0.25) is 0 Å². The highest BCUT2D eigenvalue weighted by molar-refractivity contribution is 5.80. The molecule has 37 heavy (non-hydrogen) atoms. The first kappa shape index (κ1) is 26.4. The smallest absolute Gasteiger partial charge is 0.157 e. The van der Waals surface area contributed by atoms with Crippen molar-refractivity contribution in [1.82, 2.24) is 0 Å². The van der Waals surface area contributed by atoms with E-state index in [0.29, 0.717) is 48.1 Å². The topological polar surface area (TPSA) is 71.1 Å². The van der Waals surface area contributed by atoms with Gasteiger partial charge in [0, 0.05) is 32.0 Å². The van der Waals surface area contributed by atoms with Crippen molar-refractivity contribution in [2.24, 2.45) is 40.4 Å². The maximum absolute atomic E-state index is 12.9. The molecule has 6 nitrogen and oxygen atoms in total. The van der Waals surface area contributed by atoms with Crippen molar-refractivity contribution in [3.63, 3.8) is 0 Å². The SMILES string of the molecule is CC(=O)[C@H]1CC[C@H]2[C@H]3[C@H]([C@H](O[C@@H]4CCCCO4)C[C@]12C)[C@@]1(C)CCC(=O)C[C@H]1C[C@H]3OC1CCCCO1. The van der Waals surface area contributed by atoms with Crippen molar-refractivity contribution in [3.8, 4) is 0 Å². The second-order valence-electron chi connectivity index (χ2n) is 13.8. The first-order valence-electron chi connectivity index (χ1n) is 15.4. The average molecular weight is 517 g/mol. The fraction of sp³-hybridized carbons (Fsp3) is 0.935. The summed E-state index contributed by atoms with van der Waals surface area (Å²) in [5.41, 5.74) is -0.0458. The van der Waals surface area contributed by atoms with Gasteiger partial charge in [-0.25, -0.2) is 0 Å². The zero-order chi connectivity index (χ0) is 25.8. The molecule has 208 valence electrons. The third-order valence-electron chi connectivity index (χ3n) is 11.8. The molecule has 0 aromatic heterocycles. The number of carbonyl (C=O) groups excluding carboxylic acids is 2. The molecule has 6 fully saturated rings. The lowest BCUT2D eigenvalue weighted by Crippen LogP contribution is -2.64. The number of hydrogen-bond donors (Lipinski definition) is 0. The van der Waals surface area contributed by atoms with Crippen LogP contribution in [0.2, 0.25) is 0 Å². The van der Waals surface area contributed by atoms with Crippen molar-refractivity contribution in [1.29, 1.82) is 0 Å². The molecule has 0 bridgehead atoms. The molecule has 0 aromatic carbocycles. The molecule has 0 spiro atoms. The minimum Gasteiger partial charge on any atom is -0.353 e. The van der Waals surface area contributed by atoms with Crippen LogP contribution in [0.4, 0.5) is 0 Å². The van der Waals surface area contributed by atoms with Crippen LogP contribution in [-0.2, 0) is 28.5 Å². The monoisotopic (exact) mass is 516 g/mol. The maximum Gasteiger partial charge on any atom is 0.157 e. The minimum atomic E-state index is -0.160. The summed E-state index contributed by atoms with van der Waals surface area (Å²) in [6.07, 6.45) is 12.3. The molecular formula is C31H48O6. The Kier molecular flexibility index (Phi) is 7.35. The quantitative estimate of drug-likeness (QED) is 0.427. The molecular weight excluding hydrogens is 468 g/mol. The molecule has 1 unspecified atom stereocenters. The van der Waals surface area contributed by atoms with E-state index in [4.69, 9.17) is 18.9 Å². The van der Waals surface area contributed by atoms with Crippen molar-refractivity contribution >= 4 is 11.6 Å². The summed E-state index contributed by atoms with van der Waals surface area (Å²) >= 11 is 0. The Morgan fingerprint density at radius 3 is 2.19 bits per heavy atom. The summed E-state index contributed by atoms with van der Waals surface area (Å²) in [5.74, 6) is 2.19. The molecule has 6 heteroatoms. The molecule has 2 heterocycles. The van der Waals surface area contributed by atoms with Crippen LogP contribution in [0.5, 0.6) is 0 Å². The molecule has 4 aliphatic carbocycles. The molecule has 0 aromatic rings. The van der Waals surface area contributed by atoms with Crippen molar-refractivity contribution in [2.75, 3.05) is 13.2 Å². The van der Waals surface area contributed by atoms with Crippen LogP contribution in [0.1, 0.15) is 104 Å². The molecule has 0 amide bonds. The Labute approximate surface area is 222 Å². The summed E-state index contributed by atoms with van der Waals surface area (Å²) in [6, 6.07) is 0. The average Bonchev–Trinajstić information content (AvgIpc) is 3.23. The Morgan fingerprint density at radius 1 is 0.892 bits per heavy atom. The van der Waals surface area contributed by atoms with E-state index in [0.717, 1.165) is 83.8 Å². The molecule has 0 N–H and O–H groups in total. The van der Waals surface area contributed by atoms with Crippen LogP contribution in [0.15, 0.2) is 0 Å². The van der Waals surface area contributed by atoms with Gasteiger partial charge in [0.1, 0.15) is 11.6 Å². The van der Waals surface area contributed by atoms with Crippen molar-refractivity contribution in [2.45, 2.75) is 129 Å². The summed E-state index contributed by atoms with van der Waals surface area (Å²) in [6.45, 7) is 8.15.